The zero-order chi connectivity index (χ0) is 19.4. The molecule has 0 fully saturated rings. The number of unbranched alkanes of at least 4 members (excludes halogenated alkanes) is 3. The van der Waals surface area contributed by atoms with E-state index in [4.69, 9.17) is 9.57 Å². The van der Waals surface area contributed by atoms with Gasteiger partial charge in [-0.15, -0.1) is 10.2 Å². The fraction of sp³-hybridized carbons (Fsp3) is 0.368. The van der Waals surface area contributed by atoms with Crippen molar-refractivity contribution in [1.29, 1.82) is 0 Å². The predicted octanol–water partition coefficient (Wildman–Crippen LogP) is 2.57. The lowest BCUT2D eigenvalue weighted by Gasteiger charge is -2.08. The highest BCUT2D eigenvalue weighted by Crippen LogP contribution is 2.16. The van der Waals surface area contributed by atoms with Gasteiger partial charge in [-0.25, -0.2) is 0 Å². The summed E-state index contributed by atoms with van der Waals surface area (Å²) in [7, 11) is 1.64. The van der Waals surface area contributed by atoms with Crippen LogP contribution in [0.2, 0.25) is 0 Å². The van der Waals surface area contributed by atoms with Gasteiger partial charge in [-0.1, -0.05) is 16.8 Å². The van der Waals surface area contributed by atoms with Crippen LogP contribution in [0.1, 0.15) is 42.6 Å². The maximum absolute atomic E-state index is 5.58. The summed E-state index contributed by atoms with van der Waals surface area (Å²) in [6.45, 7) is 0.556. The van der Waals surface area contributed by atoms with Crippen LogP contribution in [0.25, 0.3) is 0 Å². The van der Waals surface area contributed by atoms with Crippen LogP contribution in [0.15, 0.2) is 47.9 Å². The number of aryl methyl sites for hydroxylation is 1. The summed E-state index contributed by atoms with van der Waals surface area (Å²) in [5.74, 6) is 1.55. The second-order valence-corrected chi connectivity index (χ2v) is 6.12. The van der Waals surface area contributed by atoms with E-state index in [1.54, 1.807) is 19.5 Å². The fourth-order valence-electron chi connectivity index (χ4n) is 2.65. The average Bonchev–Trinajstić information content (AvgIpc) is 3.27. The molecular formula is C19H23N7O2. The highest BCUT2D eigenvalue weighted by Gasteiger charge is 2.09. The maximum atomic E-state index is 5.58. The average molecular weight is 381 g/mol. The normalized spacial score (nSPS) is 11.4. The lowest BCUT2D eigenvalue weighted by molar-refractivity contribution is 0.140. The summed E-state index contributed by atoms with van der Waals surface area (Å²) in [6.07, 6.45) is 8.25. The van der Waals surface area contributed by atoms with Crippen LogP contribution < -0.4 is 4.74 Å². The van der Waals surface area contributed by atoms with Crippen LogP contribution >= 0.6 is 0 Å². The molecule has 0 radical (unpaired) electrons. The lowest BCUT2D eigenvalue weighted by Crippen LogP contribution is -2.06. The molecule has 1 N–H and O–H groups in total. The number of benzene rings is 1. The molecule has 0 aliphatic carbocycles. The SMILES string of the molecule is COc1ccc(/C(=N/OCCCCCCc2nn[nH]n2)c2ccnnc2)cc1. The number of hydrogen-bond donors (Lipinski definition) is 1. The standard InChI is InChI=1S/C19H23N7O2/c1-27-17-9-7-15(8-10-17)19(16-11-12-20-21-14-16)24-28-13-5-3-2-4-6-18-22-25-26-23-18/h7-12,14H,2-6,13H2,1H3,(H,22,23,25,26)/b24-19-. The Morgan fingerprint density at radius 3 is 2.57 bits per heavy atom. The minimum Gasteiger partial charge on any atom is -0.497 e. The summed E-state index contributed by atoms with van der Waals surface area (Å²) in [5, 5.41) is 26.0. The first-order valence-electron chi connectivity index (χ1n) is 9.20. The van der Waals surface area contributed by atoms with E-state index in [-0.39, 0.29) is 0 Å². The molecule has 0 saturated heterocycles. The second kappa shape index (κ2) is 10.7. The Balaban J connectivity index is 1.49. The van der Waals surface area contributed by atoms with Crippen molar-refractivity contribution >= 4 is 5.71 Å². The van der Waals surface area contributed by atoms with Gasteiger partial charge in [-0.05, 0) is 49.6 Å². The Bertz CT molecular complexity index is 836. The van der Waals surface area contributed by atoms with Crippen LogP contribution in [0.4, 0.5) is 0 Å². The van der Waals surface area contributed by atoms with E-state index in [0.29, 0.717) is 6.61 Å². The molecule has 28 heavy (non-hydrogen) atoms. The van der Waals surface area contributed by atoms with Gasteiger partial charge in [-0.2, -0.15) is 15.4 Å². The summed E-state index contributed by atoms with van der Waals surface area (Å²) in [4.78, 5) is 5.58. The Hall–Kier alpha value is -3.36. The molecule has 0 amide bonds. The van der Waals surface area contributed by atoms with E-state index >= 15 is 0 Å². The number of H-pyrrole nitrogens is 1. The molecule has 9 nitrogen and oxygen atoms in total. The number of tetrazole rings is 1. The Labute approximate surface area is 163 Å². The molecule has 0 bridgehead atoms. The van der Waals surface area contributed by atoms with E-state index in [1.165, 1.54) is 0 Å². The predicted molar refractivity (Wildman–Crippen MR) is 103 cm³/mol. The second-order valence-electron chi connectivity index (χ2n) is 6.12. The molecule has 2 aromatic heterocycles. The van der Waals surface area contributed by atoms with Crippen molar-refractivity contribution in [3.8, 4) is 5.75 Å². The number of nitrogens with one attached hydrogen (secondary N) is 1. The topological polar surface area (TPSA) is 111 Å². The number of methoxy groups -OCH3 is 1. The van der Waals surface area contributed by atoms with Gasteiger partial charge < -0.3 is 9.57 Å². The number of rotatable bonds is 11. The molecule has 0 atom stereocenters. The van der Waals surface area contributed by atoms with Gasteiger partial charge in [-0.3, -0.25) is 0 Å². The molecule has 146 valence electrons. The zero-order valence-electron chi connectivity index (χ0n) is 15.8. The molecule has 0 aliphatic rings. The molecule has 9 heteroatoms. The van der Waals surface area contributed by atoms with Gasteiger partial charge in [0.1, 0.15) is 18.1 Å². The molecule has 0 unspecified atom stereocenters. The van der Waals surface area contributed by atoms with Gasteiger partial charge in [0.25, 0.3) is 0 Å². The molecule has 2 heterocycles. The van der Waals surface area contributed by atoms with Crippen LogP contribution in [-0.4, -0.2) is 50.2 Å². The molecule has 3 aromatic rings. The Morgan fingerprint density at radius 2 is 1.86 bits per heavy atom. The molecule has 0 spiro atoms. The van der Waals surface area contributed by atoms with Crippen molar-refractivity contribution in [2.75, 3.05) is 13.7 Å². The number of nitrogens with zero attached hydrogens (tertiary/aromatic N) is 6. The van der Waals surface area contributed by atoms with Crippen molar-refractivity contribution in [2.24, 2.45) is 5.16 Å². The number of aromatic nitrogens is 6. The van der Waals surface area contributed by atoms with E-state index in [1.807, 2.05) is 30.3 Å². The highest BCUT2D eigenvalue weighted by molar-refractivity contribution is 6.12. The van der Waals surface area contributed by atoms with E-state index in [2.05, 4.69) is 36.0 Å². The van der Waals surface area contributed by atoms with E-state index in [9.17, 15) is 0 Å². The van der Waals surface area contributed by atoms with Crippen molar-refractivity contribution in [2.45, 2.75) is 32.1 Å². The monoisotopic (exact) mass is 381 g/mol. The molecular weight excluding hydrogens is 358 g/mol. The number of hydrogen-bond acceptors (Lipinski definition) is 8. The third-order valence-corrected chi connectivity index (χ3v) is 4.15. The molecule has 1 aromatic carbocycles. The minimum absolute atomic E-state index is 0.556. The maximum Gasteiger partial charge on any atom is 0.174 e. The smallest absolute Gasteiger partial charge is 0.174 e. The first kappa shape index (κ1) is 19.4. The summed E-state index contributed by atoms with van der Waals surface area (Å²) in [6, 6.07) is 9.53. The van der Waals surface area contributed by atoms with E-state index < -0.39 is 0 Å². The van der Waals surface area contributed by atoms with Crippen molar-refractivity contribution < 1.29 is 9.57 Å². The summed E-state index contributed by atoms with van der Waals surface area (Å²) < 4.78 is 5.22. The molecule has 0 saturated carbocycles. The number of aromatic amines is 1. The quantitative estimate of drug-likeness (QED) is 0.309. The minimum atomic E-state index is 0.556. The fourth-order valence-corrected chi connectivity index (χ4v) is 2.65. The number of ether oxygens (including phenoxy) is 1. The van der Waals surface area contributed by atoms with Crippen LogP contribution in [0.3, 0.4) is 0 Å². The van der Waals surface area contributed by atoms with Gasteiger partial charge in [0.05, 0.1) is 19.5 Å². The first-order valence-corrected chi connectivity index (χ1v) is 9.20. The van der Waals surface area contributed by atoms with Crippen molar-refractivity contribution in [3.63, 3.8) is 0 Å². The Kier molecular flexibility index (Phi) is 7.42. The van der Waals surface area contributed by atoms with Gasteiger partial charge >= 0.3 is 0 Å². The van der Waals surface area contributed by atoms with Gasteiger partial charge in [0.2, 0.25) is 0 Å². The van der Waals surface area contributed by atoms with Crippen molar-refractivity contribution in [1.82, 2.24) is 30.8 Å². The summed E-state index contributed by atoms with van der Waals surface area (Å²) in [5.41, 5.74) is 2.49. The Morgan fingerprint density at radius 1 is 1.00 bits per heavy atom. The van der Waals surface area contributed by atoms with E-state index in [0.717, 1.165) is 60.5 Å². The highest BCUT2D eigenvalue weighted by atomic mass is 16.6. The van der Waals surface area contributed by atoms with Crippen molar-refractivity contribution in [3.05, 3.63) is 59.7 Å². The lowest BCUT2D eigenvalue weighted by atomic mass is 10.0. The largest absolute Gasteiger partial charge is 0.497 e. The van der Waals surface area contributed by atoms with Crippen LogP contribution in [0, 0.1) is 0 Å². The molecule has 0 aliphatic heterocycles. The van der Waals surface area contributed by atoms with Crippen LogP contribution in [-0.2, 0) is 11.3 Å². The third kappa shape index (κ3) is 5.83. The number of oxime groups is 1. The third-order valence-electron chi connectivity index (χ3n) is 4.15. The van der Waals surface area contributed by atoms with Gasteiger partial charge in [0, 0.05) is 17.5 Å². The van der Waals surface area contributed by atoms with Gasteiger partial charge in [0.15, 0.2) is 5.82 Å². The zero-order valence-corrected chi connectivity index (χ0v) is 15.8. The molecule has 3 rings (SSSR count). The summed E-state index contributed by atoms with van der Waals surface area (Å²) >= 11 is 0. The van der Waals surface area contributed by atoms with Crippen LogP contribution in [0.5, 0.6) is 5.75 Å². The first-order chi connectivity index (χ1) is 13.9.